The first kappa shape index (κ1) is 19.0. The van der Waals surface area contributed by atoms with Crippen LogP contribution in [0.15, 0.2) is 60.7 Å². The van der Waals surface area contributed by atoms with E-state index in [1.807, 2.05) is 12.2 Å². The summed E-state index contributed by atoms with van der Waals surface area (Å²) >= 11 is 6.12. The number of halogens is 1. The fourth-order valence-electron chi connectivity index (χ4n) is 3.09. The number of allylic oxidation sites excluding steroid dienone is 2. The molecule has 5 nitrogen and oxygen atoms in total. The first-order chi connectivity index (χ1) is 13.1. The quantitative estimate of drug-likeness (QED) is 0.745. The monoisotopic (exact) mass is 384 g/mol. The lowest BCUT2D eigenvalue weighted by molar-refractivity contribution is -0.129. The molecule has 0 saturated heterocycles. The predicted molar refractivity (Wildman–Crippen MR) is 107 cm³/mol. The van der Waals surface area contributed by atoms with Crippen molar-refractivity contribution in [3.8, 4) is 5.75 Å². The van der Waals surface area contributed by atoms with E-state index in [0.717, 1.165) is 0 Å². The number of para-hydroxylation sites is 1. The Morgan fingerprint density at radius 3 is 2.11 bits per heavy atom. The molecule has 0 spiro atoms. The van der Waals surface area contributed by atoms with Gasteiger partial charge in [-0.05, 0) is 49.2 Å². The predicted octanol–water partition coefficient (Wildman–Crippen LogP) is 4.51. The molecule has 0 radical (unpaired) electrons. The van der Waals surface area contributed by atoms with E-state index in [1.54, 1.807) is 55.6 Å². The van der Waals surface area contributed by atoms with Crippen LogP contribution >= 0.6 is 11.6 Å². The van der Waals surface area contributed by atoms with Gasteiger partial charge < -0.3 is 15.4 Å². The Hall–Kier alpha value is -2.79. The molecule has 0 fully saturated rings. The minimum atomic E-state index is -0.454. The third kappa shape index (κ3) is 4.68. The molecule has 2 aromatic rings. The molecule has 2 amide bonds. The molecule has 0 unspecified atom stereocenters. The number of benzene rings is 2. The van der Waals surface area contributed by atoms with Gasteiger partial charge in [-0.15, -0.1) is 0 Å². The molecule has 2 aromatic carbocycles. The normalized spacial score (nSPS) is 18.6. The van der Waals surface area contributed by atoms with Crippen molar-refractivity contribution in [1.29, 1.82) is 0 Å². The SMILES string of the molecule is COc1ccc(NC(=O)[C@@H]2CC=CC[C@@H]2C(=O)Nc2ccccc2Cl)cc1. The van der Waals surface area contributed by atoms with Gasteiger partial charge in [0.2, 0.25) is 11.8 Å². The first-order valence-corrected chi connectivity index (χ1v) is 9.11. The van der Waals surface area contributed by atoms with Crippen molar-refractivity contribution in [2.45, 2.75) is 12.8 Å². The first-order valence-electron chi connectivity index (χ1n) is 8.74. The molecule has 3 rings (SSSR count). The summed E-state index contributed by atoms with van der Waals surface area (Å²) in [4.78, 5) is 25.5. The molecular weight excluding hydrogens is 364 g/mol. The zero-order chi connectivity index (χ0) is 19.2. The molecule has 2 N–H and O–H groups in total. The number of carbonyl (C=O) groups is 2. The van der Waals surface area contributed by atoms with Crippen LogP contribution in [0.1, 0.15) is 12.8 Å². The smallest absolute Gasteiger partial charge is 0.228 e. The maximum atomic E-state index is 12.8. The van der Waals surface area contributed by atoms with Crippen LogP contribution in [-0.2, 0) is 9.59 Å². The highest BCUT2D eigenvalue weighted by Gasteiger charge is 2.34. The Labute approximate surface area is 163 Å². The van der Waals surface area contributed by atoms with Crippen LogP contribution in [0.5, 0.6) is 5.75 Å². The second-order valence-corrected chi connectivity index (χ2v) is 6.75. The Morgan fingerprint density at radius 1 is 0.926 bits per heavy atom. The molecule has 0 heterocycles. The Morgan fingerprint density at radius 2 is 1.52 bits per heavy atom. The van der Waals surface area contributed by atoms with E-state index >= 15 is 0 Å². The highest BCUT2D eigenvalue weighted by atomic mass is 35.5. The number of hydrogen-bond donors (Lipinski definition) is 2. The van der Waals surface area contributed by atoms with Gasteiger partial charge in [0.1, 0.15) is 5.75 Å². The Bertz CT molecular complexity index is 849. The highest BCUT2D eigenvalue weighted by molar-refractivity contribution is 6.33. The van der Waals surface area contributed by atoms with Gasteiger partial charge in [0, 0.05) is 5.69 Å². The number of methoxy groups -OCH3 is 1. The van der Waals surface area contributed by atoms with Gasteiger partial charge in [-0.25, -0.2) is 0 Å². The number of amides is 2. The summed E-state index contributed by atoms with van der Waals surface area (Å²) in [5.41, 5.74) is 1.22. The minimum Gasteiger partial charge on any atom is -0.497 e. The summed E-state index contributed by atoms with van der Waals surface area (Å²) in [5, 5.41) is 6.20. The van der Waals surface area contributed by atoms with E-state index in [-0.39, 0.29) is 11.8 Å². The molecule has 0 aliphatic heterocycles. The maximum Gasteiger partial charge on any atom is 0.228 e. The van der Waals surface area contributed by atoms with Crippen molar-refractivity contribution in [2.24, 2.45) is 11.8 Å². The van der Waals surface area contributed by atoms with Crippen molar-refractivity contribution in [1.82, 2.24) is 0 Å². The van der Waals surface area contributed by atoms with Crippen molar-refractivity contribution in [2.75, 3.05) is 17.7 Å². The van der Waals surface area contributed by atoms with Crippen LogP contribution < -0.4 is 15.4 Å². The van der Waals surface area contributed by atoms with Crippen LogP contribution in [0.25, 0.3) is 0 Å². The van der Waals surface area contributed by atoms with Gasteiger partial charge in [-0.2, -0.15) is 0 Å². The van der Waals surface area contributed by atoms with Gasteiger partial charge in [-0.1, -0.05) is 35.9 Å². The lowest BCUT2D eigenvalue weighted by Gasteiger charge is -2.27. The molecular formula is C21H21ClN2O3. The fourth-order valence-corrected chi connectivity index (χ4v) is 3.27. The van der Waals surface area contributed by atoms with Crippen LogP contribution in [0, 0.1) is 11.8 Å². The van der Waals surface area contributed by atoms with E-state index in [2.05, 4.69) is 10.6 Å². The van der Waals surface area contributed by atoms with E-state index < -0.39 is 11.8 Å². The van der Waals surface area contributed by atoms with E-state index in [4.69, 9.17) is 16.3 Å². The van der Waals surface area contributed by atoms with Gasteiger partial charge in [0.25, 0.3) is 0 Å². The third-order valence-electron chi connectivity index (χ3n) is 4.60. The number of anilines is 2. The number of ether oxygens (including phenoxy) is 1. The Balaban J connectivity index is 1.70. The average molecular weight is 385 g/mol. The topological polar surface area (TPSA) is 67.4 Å². The molecule has 0 bridgehead atoms. The van der Waals surface area contributed by atoms with E-state index in [0.29, 0.717) is 35.0 Å². The van der Waals surface area contributed by atoms with Crippen molar-refractivity contribution < 1.29 is 14.3 Å². The zero-order valence-corrected chi connectivity index (χ0v) is 15.7. The summed E-state index contributed by atoms with van der Waals surface area (Å²) in [6.45, 7) is 0. The molecule has 1 aliphatic rings. The van der Waals surface area contributed by atoms with Crippen LogP contribution in [0.3, 0.4) is 0 Å². The van der Waals surface area contributed by atoms with Crippen LogP contribution in [0.4, 0.5) is 11.4 Å². The highest BCUT2D eigenvalue weighted by Crippen LogP contribution is 2.30. The van der Waals surface area contributed by atoms with Gasteiger partial charge in [0.05, 0.1) is 29.7 Å². The lowest BCUT2D eigenvalue weighted by atomic mass is 9.81. The largest absolute Gasteiger partial charge is 0.497 e. The van der Waals surface area contributed by atoms with E-state index in [1.165, 1.54) is 0 Å². The van der Waals surface area contributed by atoms with Crippen molar-refractivity contribution in [3.05, 3.63) is 65.7 Å². The number of rotatable bonds is 5. The average Bonchev–Trinajstić information content (AvgIpc) is 2.70. The summed E-state index contributed by atoms with van der Waals surface area (Å²) in [7, 11) is 1.59. The number of nitrogens with one attached hydrogen (secondary N) is 2. The molecule has 27 heavy (non-hydrogen) atoms. The summed E-state index contributed by atoms with van der Waals surface area (Å²) < 4.78 is 5.12. The molecule has 6 heteroatoms. The Kier molecular flexibility index (Phi) is 6.14. The molecule has 1 aliphatic carbocycles. The van der Waals surface area contributed by atoms with Crippen LogP contribution in [0.2, 0.25) is 5.02 Å². The number of hydrogen-bond acceptors (Lipinski definition) is 3. The fraction of sp³-hybridized carbons (Fsp3) is 0.238. The molecule has 0 aromatic heterocycles. The van der Waals surface area contributed by atoms with Crippen molar-refractivity contribution in [3.63, 3.8) is 0 Å². The minimum absolute atomic E-state index is 0.177. The van der Waals surface area contributed by atoms with E-state index in [9.17, 15) is 9.59 Å². The zero-order valence-electron chi connectivity index (χ0n) is 14.9. The second-order valence-electron chi connectivity index (χ2n) is 6.34. The van der Waals surface area contributed by atoms with Crippen molar-refractivity contribution >= 4 is 34.8 Å². The number of carbonyl (C=O) groups excluding carboxylic acids is 2. The summed E-state index contributed by atoms with van der Waals surface area (Å²) in [5.74, 6) is -0.569. The molecule has 0 saturated carbocycles. The van der Waals surface area contributed by atoms with Gasteiger partial charge >= 0.3 is 0 Å². The second kappa shape index (κ2) is 8.73. The standard InChI is InChI=1S/C21H21ClN2O3/c1-27-15-12-10-14(11-13-15)23-20(25)16-6-2-3-7-17(16)21(26)24-19-9-5-4-8-18(19)22/h2-5,8-13,16-17H,6-7H2,1H3,(H,23,25)(H,24,26)/t16-,17+/m1/s1. The van der Waals surface area contributed by atoms with Gasteiger partial charge in [-0.3, -0.25) is 9.59 Å². The van der Waals surface area contributed by atoms with Gasteiger partial charge in [0.15, 0.2) is 0 Å². The lowest BCUT2D eigenvalue weighted by Crippen LogP contribution is -2.37. The summed E-state index contributed by atoms with van der Waals surface area (Å²) in [6.07, 6.45) is 4.91. The molecule has 2 atom stereocenters. The maximum absolute atomic E-state index is 12.8. The molecule has 140 valence electrons. The van der Waals surface area contributed by atoms with Crippen LogP contribution in [-0.4, -0.2) is 18.9 Å². The third-order valence-corrected chi connectivity index (χ3v) is 4.92. The summed E-state index contributed by atoms with van der Waals surface area (Å²) in [6, 6.07) is 14.2.